The van der Waals surface area contributed by atoms with Crippen LogP contribution in [-0.2, 0) is 11.3 Å². The van der Waals surface area contributed by atoms with Crippen molar-refractivity contribution in [2.24, 2.45) is 4.99 Å². The first-order chi connectivity index (χ1) is 12.4. The van der Waals surface area contributed by atoms with Crippen molar-refractivity contribution >= 4 is 17.3 Å². The molecule has 5 nitrogen and oxygen atoms in total. The lowest BCUT2D eigenvalue weighted by molar-refractivity contribution is 0.119. The number of hydrogen-bond donors (Lipinski definition) is 1. The predicted molar refractivity (Wildman–Crippen MR) is 110 cm³/mol. The van der Waals surface area contributed by atoms with Gasteiger partial charge in [0.25, 0.3) is 0 Å². The van der Waals surface area contributed by atoms with Gasteiger partial charge >= 0.3 is 0 Å². The smallest absolute Gasteiger partial charge is 0.193 e. The Labute approximate surface area is 161 Å². The minimum atomic E-state index is 0.0341. The molecule has 6 heteroatoms. The molecule has 26 heavy (non-hydrogen) atoms. The lowest BCUT2D eigenvalue weighted by atomic mass is 10.0. The highest BCUT2D eigenvalue weighted by Crippen LogP contribution is 2.21. The van der Waals surface area contributed by atoms with Crippen LogP contribution < -0.4 is 5.32 Å². The normalized spacial score (nSPS) is 14.2. The number of hydrogen-bond acceptors (Lipinski definition) is 4. The highest BCUT2D eigenvalue weighted by molar-refractivity contribution is 7.09. The average molecular weight is 375 g/mol. The van der Waals surface area contributed by atoms with Crippen molar-refractivity contribution in [3.63, 3.8) is 0 Å². The number of guanidine groups is 1. The van der Waals surface area contributed by atoms with E-state index >= 15 is 0 Å². The Morgan fingerprint density at radius 1 is 1.31 bits per heavy atom. The van der Waals surface area contributed by atoms with Crippen LogP contribution >= 0.6 is 11.3 Å². The zero-order valence-corrected chi connectivity index (χ0v) is 17.4. The first-order valence-electron chi connectivity index (χ1n) is 8.90. The highest BCUT2D eigenvalue weighted by Gasteiger charge is 2.13. The monoisotopic (exact) mass is 374 g/mol. The molecule has 0 radical (unpaired) electrons. The van der Waals surface area contributed by atoms with Gasteiger partial charge in [-0.05, 0) is 25.3 Å². The van der Waals surface area contributed by atoms with Crippen LogP contribution in [0.5, 0.6) is 0 Å². The maximum Gasteiger partial charge on any atom is 0.193 e. The fourth-order valence-electron chi connectivity index (χ4n) is 2.64. The van der Waals surface area contributed by atoms with Crippen molar-refractivity contribution in [3.8, 4) is 0 Å². The summed E-state index contributed by atoms with van der Waals surface area (Å²) in [6.45, 7) is 7.90. The van der Waals surface area contributed by atoms with Gasteiger partial charge < -0.3 is 15.0 Å². The molecule has 1 aromatic heterocycles. The van der Waals surface area contributed by atoms with E-state index in [1.165, 1.54) is 11.1 Å². The van der Waals surface area contributed by atoms with Crippen LogP contribution in [0.4, 0.5) is 0 Å². The molecule has 0 saturated carbocycles. The van der Waals surface area contributed by atoms with E-state index in [1.54, 1.807) is 18.4 Å². The molecule has 2 unspecified atom stereocenters. The van der Waals surface area contributed by atoms with Crippen molar-refractivity contribution in [1.82, 2.24) is 15.2 Å². The SMILES string of the molecule is CN=C(NCC(C)c1ccc(C)cc1)N(C)Cc1csc(C(C)OC)n1. The van der Waals surface area contributed by atoms with Crippen molar-refractivity contribution in [2.45, 2.75) is 39.3 Å². The molecule has 0 aliphatic carbocycles. The summed E-state index contributed by atoms with van der Waals surface area (Å²) in [5, 5.41) is 6.56. The molecule has 2 rings (SSSR count). The van der Waals surface area contributed by atoms with E-state index in [2.05, 4.69) is 63.7 Å². The summed E-state index contributed by atoms with van der Waals surface area (Å²) in [6, 6.07) is 8.71. The summed E-state index contributed by atoms with van der Waals surface area (Å²) in [5.74, 6) is 1.28. The van der Waals surface area contributed by atoms with Gasteiger partial charge in [-0.2, -0.15) is 0 Å². The van der Waals surface area contributed by atoms with Crippen LogP contribution in [0.15, 0.2) is 34.6 Å². The Balaban J connectivity index is 1.91. The zero-order valence-electron chi connectivity index (χ0n) is 16.6. The molecule has 2 atom stereocenters. The lowest BCUT2D eigenvalue weighted by Gasteiger charge is -2.23. The molecule has 2 aromatic rings. The number of thiazole rings is 1. The Morgan fingerprint density at radius 2 is 2.00 bits per heavy atom. The number of benzene rings is 1. The van der Waals surface area contributed by atoms with Crippen molar-refractivity contribution in [2.75, 3.05) is 27.7 Å². The van der Waals surface area contributed by atoms with Crippen LogP contribution in [0.2, 0.25) is 0 Å². The third-order valence-corrected chi connectivity index (χ3v) is 5.51. The lowest BCUT2D eigenvalue weighted by Crippen LogP contribution is -2.40. The molecule has 0 aliphatic rings. The van der Waals surface area contributed by atoms with Gasteiger partial charge in [-0.1, -0.05) is 36.8 Å². The van der Waals surface area contributed by atoms with Gasteiger partial charge in [-0.3, -0.25) is 4.99 Å². The number of aryl methyl sites for hydroxylation is 1. The molecular formula is C20H30N4OS. The average Bonchev–Trinajstić information content (AvgIpc) is 3.10. The third kappa shape index (κ3) is 5.54. The first kappa shape index (κ1) is 20.4. The molecular weight excluding hydrogens is 344 g/mol. The number of aromatic nitrogens is 1. The van der Waals surface area contributed by atoms with Gasteiger partial charge in [0.05, 0.1) is 12.2 Å². The fraction of sp³-hybridized carbons (Fsp3) is 0.500. The molecule has 0 aliphatic heterocycles. The minimum Gasteiger partial charge on any atom is -0.375 e. The van der Waals surface area contributed by atoms with E-state index in [9.17, 15) is 0 Å². The third-order valence-electron chi connectivity index (χ3n) is 4.46. The molecule has 0 amide bonds. The number of nitrogens with zero attached hydrogens (tertiary/aromatic N) is 3. The zero-order chi connectivity index (χ0) is 19.1. The largest absolute Gasteiger partial charge is 0.375 e. The molecule has 0 bridgehead atoms. The standard InChI is InChI=1S/C20H30N4OS/c1-14-7-9-17(10-8-14)15(2)11-22-20(21-4)24(5)12-18-13-26-19(23-18)16(3)25-6/h7-10,13,15-16H,11-12H2,1-6H3,(H,21,22). The second-order valence-corrected chi connectivity index (χ2v) is 7.54. The topological polar surface area (TPSA) is 49.8 Å². The second-order valence-electron chi connectivity index (χ2n) is 6.65. The Morgan fingerprint density at radius 3 is 2.62 bits per heavy atom. The van der Waals surface area contributed by atoms with Crippen LogP contribution in [0.25, 0.3) is 0 Å². The maximum atomic E-state index is 5.34. The van der Waals surface area contributed by atoms with Crippen LogP contribution in [0.3, 0.4) is 0 Å². The molecule has 0 fully saturated rings. The maximum absolute atomic E-state index is 5.34. The Kier molecular flexibility index (Phi) is 7.60. The van der Waals surface area contributed by atoms with E-state index in [-0.39, 0.29) is 6.10 Å². The van der Waals surface area contributed by atoms with Gasteiger partial charge in [0.2, 0.25) is 0 Å². The highest BCUT2D eigenvalue weighted by atomic mass is 32.1. The number of aliphatic imine (C=N–C) groups is 1. The van der Waals surface area contributed by atoms with E-state index in [0.29, 0.717) is 12.5 Å². The van der Waals surface area contributed by atoms with Crippen LogP contribution in [0, 0.1) is 6.92 Å². The van der Waals surface area contributed by atoms with Crippen molar-refractivity contribution < 1.29 is 4.74 Å². The summed E-state index contributed by atoms with van der Waals surface area (Å²) in [6.07, 6.45) is 0.0341. The Bertz CT molecular complexity index is 711. The van der Waals surface area contributed by atoms with Crippen molar-refractivity contribution in [1.29, 1.82) is 0 Å². The molecule has 0 spiro atoms. The number of methoxy groups -OCH3 is 1. The predicted octanol–water partition coefficient (Wildman–Crippen LogP) is 3.97. The molecule has 0 saturated heterocycles. The summed E-state index contributed by atoms with van der Waals surface area (Å²) in [5.41, 5.74) is 3.65. The van der Waals surface area contributed by atoms with Gasteiger partial charge in [0.15, 0.2) is 5.96 Å². The molecule has 1 aromatic carbocycles. The van der Waals surface area contributed by atoms with E-state index in [0.717, 1.165) is 23.2 Å². The van der Waals surface area contributed by atoms with Crippen LogP contribution in [-0.4, -0.2) is 43.6 Å². The van der Waals surface area contributed by atoms with Gasteiger partial charge in [0.1, 0.15) is 11.1 Å². The van der Waals surface area contributed by atoms with E-state index in [1.807, 2.05) is 21.0 Å². The second kappa shape index (κ2) is 9.69. The van der Waals surface area contributed by atoms with Crippen molar-refractivity contribution in [3.05, 3.63) is 51.5 Å². The van der Waals surface area contributed by atoms with E-state index < -0.39 is 0 Å². The molecule has 142 valence electrons. The number of ether oxygens (including phenoxy) is 1. The first-order valence-corrected chi connectivity index (χ1v) is 9.78. The van der Waals surface area contributed by atoms with Gasteiger partial charge in [-0.15, -0.1) is 11.3 Å². The molecule has 1 N–H and O–H groups in total. The summed E-state index contributed by atoms with van der Waals surface area (Å²) in [7, 11) is 5.55. The Hall–Kier alpha value is -1.92. The van der Waals surface area contributed by atoms with Gasteiger partial charge in [-0.25, -0.2) is 4.98 Å². The van der Waals surface area contributed by atoms with Gasteiger partial charge in [0, 0.05) is 33.1 Å². The summed E-state index contributed by atoms with van der Waals surface area (Å²) < 4.78 is 5.34. The van der Waals surface area contributed by atoms with Crippen LogP contribution in [0.1, 0.15) is 47.7 Å². The summed E-state index contributed by atoms with van der Waals surface area (Å²) in [4.78, 5) is 11.2. The quantitative estimate of drug-likeness (QED) is 0.588. The minimum absolute atomic E-state index is 0.0341. The summed E-state index contributed by atoms with van der Waals surface area (Å²) >= 11 is 1.64. The van der Waals surface area contributed by atoms with E-state index in [4.69, 9.17) is 4.74 Å². The number of rotatable bonds is 7. The number of nitrogens with one attached hydrogen (secondary N) is 1. The fourth-order valence-corrected chi connectivity index (χ4v) is 3.48. The molecule has 1 heterocycles.